The largest absolute Gasteiger partial charge is 0.456 e. The Morgan fingerprint density at radius 2 is 1.53 bits per heavy atom. The Balaban J connectivity index is 1.67. The van der Waals surface area contributed by atoms with Gasteiger partial charge in [-0.25, -0.2) is 4.98 Å². The van der Waals surface area contributed by atoms with Gasteiger partial charge in [-0.1, -0.05) is 48.0 Å². The molecule has 3 aromatic heterocycles. The molecule has 7 aromatic rings. The maximum Gasteiger partial charge on any atom is 0.220 e. The summed E-state index contributed by atoms with van der Waals surface area (Å²) in [6, 6.07) is 28.5. The smallest absolute Gasteiger partial charge is 0.220 e. The molecule has 0 saturated carbocycles. The van der Waals surface area contributed by atoms with Crippen LogP contribution in [0.1, 0.15) is 0 Å². The van der Waals surface area contributed by atoms with E-state index >= 15 is 0 Å². The Kier molecular flexibility index (Phi) is 3.03. The van der Waals surface area contributed by atoms with Gasteiger partial charge in [0.2, 0.25) is 5.78 Å². The monoisotopic (exact) mass is 407 g/mol. The van der Waals surface area contributed by atoms with Gasteiger partial charge in [0.25, 0.3) is 0 Å². The van der Waals surface area contributed by atoms with Crippen molar-refractivity contribution in [2.24, 2.45) is 0 Å². The van der Waals surface area contributed by atoms with Gasteiger partial charge in [-0.15, -0.1) is 0 Å². The van der Waals surface area contributed by atoms with Crippen LogP contribution in [0, 0.1) is 0 Å². The van der Waals surface area contributed by atoms with E-state index in [2.05, 4.69) is 39.3 Å². The van der Waals surface area contributed by atoms with E-state index in [4.69, 9.17) is 21.0 Å². The topological polar surface area (TPSA) is 35.4 Å². The predicted octanol–water partition coefficient (Wildman–Crippen LogP) is 6.98. The van der Waals surface area contributed by atoms with E-state index in [1.807, 2.05) is 54.6 Å². The van der Waals surface area contributed by atoms with Gasteiger partial charge in [-0.05, 0) is 48.5 Å². The van der Waals surface area contributed by atoms with Crippen molar-refractivity contribution in [1.29, 1.82) is 0 Å². The molecule has 0 amide bonds. The van der Waals surface area contributed by atoms with Crippen LogP contribution in [-0.4, -0.2) is 14.0 Å². The highest BCUT2D eigenvalue weighted by Gasteiger charge is 2.19. The number of hydrogen-bond acceptors (Lipinski definition) is 2. The zero-order valence-electron chi connectivity index (χ0n) is 15.7. The first kappa shape index (κ1) is 16.1. The Labute approximate surface area is 175 Å². The molecule has 5 heteroatoms. The van der Waals surface area contributed by atoms with Crippen LogP contribution in [0.5, 0.6) is 0 Å². The second-order valence-corrected chi connectivity index (χ2v) is 7.86. The first-order chi connectivity index (χ1) is 14.8. The molecular weight excluding hydrogens is 394 g/mol. The standard InChI is InChI=1S/C25H14ClN3O/c26-18-7-5-10-21-24(18)28(25-27-19-8-2-3-9-20(19)29(21)25)15-12-13-23-17(14-15)16-6-1-4-11-22(16)30-23/h1-14H. The van der Waals surface area contributed by atoms with Crippen molar-refractivity contribution < 1.29 is 4.42 Å². The quantitative estimate of drug-likeness (QED) is 0.294. The summed E-state index contributed by atoms with van der Waals surface area (Å²) in [5.74, 6) is 0.839. The number of aromatic nitrogens is 3. The molecule has 0 fully saturated rings. The van der Waals surface area contributed by atoms with Gasteiger partial charge in [-0.2, -0.15) is 0 Å². The van der Waals surface area contributed by atoms with Crippen molar-refractivity contribution in [2.45, 2.75) is 0 Å². The maximum absolute atomic E-state index is 6.70. The fourth-order valence-electron chi connectivity index (χ4n) is 4.50. The lowest BCUT2D eigenvalue weighted by molar-refractivity contribution is 0.669. The minimum atomic E-state index is 0.694. The van der Waals surface area contributed by atoms with Crippen LogP contribution in [0.3, 0.4) is 0 Å². The van der Waals surface area contributed by atoms with Gasteiger partial charge < -0.3 is 4.42 Å². The average Bonchev–Trinajstić information content (AvgIpc) is 3.42. The van der Waals surface area contributed by atoms with Gasteiger partial charge in [0, 0.05) is 10.8 Å². The highest BCUT2D eigenvalue weighted by atomic mass is 35.5. The van der Waals surface area contributed by atoms with Crippen LogP contribution in [0.2, 0.25) is 5.02 Å². The molecule has 0 bridgehead atoms. The Bertz CT molecular complexity index is 1770. The van der Waals surface area contributed by atoms with E-state index in [9.17, 15) is 0 Å². The number of fused-ring (bicyclic) bond motifs is 8. The number of hydrogen-bond donors (Lipinski definition) is 0. The summed E-state index contributed by atoms with van der Waals surface area (Å²) in [7, 11) is 0. The van der Waals surface area contributed by atoms with Crippen LogP contribution in [0.25, 0.3) is 55.5 Å². The number of para-hydroxylation sites is 4. The van der Waals surface area contributed by atoms with E-state index in [1.165, 1.54) is 0 Å². The molecule has 7 rings (SSSR count). The lowest BCUT2D eigenvalue weighted by Crippen LogP contribution is -1.95. The van der Waals surface area contributed by atoms with Gasteiger partial charge in [0.1, 0.15) is 11.2 Å². The molecular formula is C25H14ClN3O. The van der Waals surface area contributed by atoms with Crippen LogP contribution in [0.4, 0.5) is 0 Å². The third-order valence-corrected chi connectivity index (χ3v) is 6.10. The van der Waals surface area contributed by atoms with Crippen LogP contribution in [-0.2, 0) is 0 Å². The molecule has 0 aliphatic rings. The summed E-state index contributed by atoms with van der Waals surface area (Å²) >= 11 is 6.70. The van der Waals surface area contributed by atoms with Gasteiger partial charge in [0.05, 0.1) is 32.8 Å². The SMILES string of the molecule is Clc1cccc2c1n(-c1ccc3oc4ccccc4c3c1)c1nc3ccccc3n21. The van der Waals surface area contributed by atoms with Gasteiger partial charge in [0.15, 0.2) is 0 Å². The second-order valence-electron chi connectivity index (χ2n) is 7.46. The van der Waals surface area contributed by atoms with Crippen LogP contribution in [0.15, 0.2) is 89.3 Å². The molecule has 4 aromatic carbocycles. The Hall–Kier alpha value is -3.76. The van der Waals surface area contributed by atoms with E-state index in [-0.39, 0.29) is 0 Å². The van der Waals surface area contributed by atoms with E-state index in [1.54, 1.807) is 0 Å². The molecule has 30 heavy (non-hydrogen) atoms. The molecule has 0 aliphatic carbocycles. The minimum absolute atomic E-state index is 0.694. The molecule has 0 aliphatic heterocycles. The molecule has 4 nitrogen and oxygen atoms in total. The normalized spacial score (nSPS) is 12.2. The number of rotatable bonds is 1. The Morgan fingerprint density at radius 1 is 0.733 bits per heavy atom. The zero-order valence-corrected chi connectivity index (χ0v) is 16.5. The lowest BCUT2D eigenvalue weighted by Gasteiger charge is -2.06. The molecule has 0 radical (unpaired) electrons. The number of imidazole rings is 2. The van der Waals surface area contributed by atoms with E-state index in [0.29, 0.717) is 5.02 Å². The fraction of sp³-hybridized carbons (Fsp3) is 0. The third-order valence-electron chi connectivity index (χ3n) is 5.79. The summed E-state index contributed by atoms with van der Waals surface area (Å²) in [6.07, 6.45) is 0. The zero-order chi connectivity index (χ0) is 19.8. The highest BCUT2D eigenvalue weighted by Crippen LogP contribution is 2.35. The van der Waals surface area contributed by atoms with Crippen molar-refractivity contribution in [1.82, 2.24) is 14.0 Å². The predicted molar refractivity (Wildman–Crippen MR) is 122 cm³/mol. The first-order valence-electron chi connectivity index (χ1n) is 9.77. The first-order valence-corrected chi connectivity index (χ1v) is 10.2. The van der Waals surface area contributed by atoms with Crippen molar-refractivity contribution in [3.8, 4) is 5.69 Å². The van der Waals surface area contributed by atoms with Crippen molar-refractivity contribution in [3.63, 3.8) is 0 Å². The van der Waals surface area contributed by atoms with Gasteiger partial charge >= 0.3 is 0 Å². The van der Waals surface area contributed by atoms with Crippen molar-refractivity contribution >= 4 is 61.4 Å². The summed E-state index contributed by atoms with van der Waals surface area (Å²) in [6.45, 7) is 0. The lowest BCUT2D eigenvalue weighted by atomic mass is 10.1. The number of furan rings is 1. The van der Waals surface area contributed by atoms with Crippen molar-refractivity contribution in [3.05, 3.63) is 90.0 Å². The fourth-order valence-corrected chi connectivity index (χ4v) is 4.76. The summed E-state index contributed by atoms with van der Waals surface area (Å²) in [4.78, 5) is 4.94. The molecule has 0 saturated heterocycles. The van der Waals surface area contributed by atoms with Gasteiger partial charge in [-0.3, -0.25) is 8.97 Å². The summed E-state index contributed by atoms with van der Waals surface area (Å²) in [5, 5.41) is 2.87. The molecule has 0 unspecified atom stereocenters. The number of halogens is 1. The molecule has 142 valence electrons. The Morgan fingerprint density at radius 3 is 2.50 bits per heavy atom. The van der Waals surface area contributed by atoms with Crippen molar-refractivity contribution in [2.75, 3.05) is 0 Å². The maximum atomic E-state index is 6.70. The third kappa shape index (κ3) is 1.98. The number of benzene rings is 4. The van der Waals surface area contributed by atoms with Crippen LogP contribution >= 0.6 is 11.6 Å². The highest BCUT2D eigenvalue weighted by molar-refractivity contribution is 6.35. The molecule has 0 atom stereocenters. The minimum Gasteiger partial charge on any atom is -0.456 e. The molecule has 0 N–H and O–H groups in total. The summed E-state index contributed by atoms with van der Waals surface area (Å²) < 4.78 is 10.3. The average molecular weight is 408 g/mol. The van der Waals surface area contributed by atoms with E-state index in [0.717, 1.165) is 55.5 Å². The number of nitrogens with zero attached hydrogens (tertiary/aromatic N) is 3. The second kappa shape index (κ2) is 5.65. The molecule has 3 heterocycles. The molecule has 0 spiro atoms. The van der Waals surface area contributed by atoms with E-state index < -0.39 is 0 Å². The van der Waals surface area contributed by atoms with Crippen LogP contribution < -0.4 is 0 Å². The summed E-state index contributed by atoms with van der Waals surface area (Å²) in [5.41, 5.74) is 6.75.